The zero-order valence-electron chi connectivity index (χ0n) is 25.1. The van der Waals surface area contributed by atoms with Crippen LogP contribution in [0.3, 0.4) is 0 Å². The van der Waals surface area contributed by atoms with Gasteiger partial charge >= 0.3 is 0 Å². The first-order valence-corrected chi connectivity index (χ1v) is 15.2. The highest BCUT2D eigenvalue weighted by Gasteiger charge is 2.12. The van der Waals surface area contributed by atoms with Gasteiger partial charge in [-0.25, -0.2) is 0 Å². The number of hydrogen-bond donors (Lipinski definition) is 0. The van der Waals surface area contributed by atoms with Crippen LogP contribution in [0.5, 0.6) is 0 Å². The third-order valence-electron chi connectivity index (χ3n) is 8.32. The third kappa shape index (κ3) is 5.85. The minimum absolute atomic E-state index is 0.609. The first kappa shape index (κ1) is 28.3. The molecule has 2 heteroatoms. The zero-order valence-corrected chi connectivity index (χ0v) is 25.1. The average Bonchev–Trinajstić information content (AvgIpc) is 3.15. The fourth-order valence-electron chi connectivity index (χ4n) is 5.98. The molecule has 46 heavy (non-hydrogen) atoms. The number of benzene rings is 7. The van der Waals surface area contributed by atoms with Crippen molar-refractivity contribution in [3.05, 3.63) is 181 Å². The first-order chi connectivity index (χ1) is 22.7. The maximum absolute atomic E-state index is 10.3. The summed E-state index contributed by atoms with van der Waals surface area (Å²) in [5.41, 5.74) is 13.7. The minimum atomic E-state index is 0.609. The molecule has 0 atom stereocenters. The molecule has 214 valence electrons. The smallest absolute Gasteiger partial charge is 0.0998 e. The van der Waals surface area contributed by atoms with Gasteiger partial charge in [-0.15, -0.1) is 0 Å². The molecule has 0 unspecified atom stereocenters. The van der Waals surface area contributed by atoms with Gasteiger partial charge < -0.3 is 0 Å². The molecule has 0 aliphatic rings. The SMILES string of the molecule is N#Cc1cc(-c2ccccc2)cc(-c2cccc(-c3ccc(-c4cccc(-c5cccc(-c6ccccc6)c5)c4)cc3C#N)c2)c1. The standard InChI is InChI=1S/C44H28N2/c45-29-31-22-41(33-12-5-2-6-13-33)28-42(23-31)38-18-9-19-40(26-38)44-21-20-39(27-43(44)30-46)37-17-8-16-36(25-37)35-15-7-14-34(24-35)32-10-3-1-4-11-32/h1-28H. The monoisotopic (exact) mass is 584 g/mol. The maximum atomic E-state index is 10.3. The lowest BCUT2D eigenvalue weighted by molar-refractivity contribution is 1.47. The van der Waals surface area contributed by atoms with Crippen LogP contribution < -0.4 is 0 Å². The second-order valence-electron chi connectivity index (χ2n) is 11.3. The number of nitrogens with zero attached hydrogens (tertiary/aromatic N) is 2. The molecular weight excluding hydrogens is 556 g/mol. The van der Waals surface area contributed by atoms with Crippen molar-refractivity contribution in [3.8, 4) is 78.9 Å². The van der Waals surface area contributed by atoms with Crippen LogP contribution in [0.25, 0.3) is 66.8 Å². The molecule has 0 amide bonds. The van der Waals surface area contributed by atoms with Crippen LogP contribution >= 0.6 is 0 Å². The fraction of sp³-hybridized carbons (Fsp3) is 0. The van der Waals surface area contributed by atoms with Crippen molar-refractivity contribution in [3.63, 3.8) is 0 Å². The average molecular weight is 585 g/mol. The summed E-state index contributed by atoms with van der Waals surface area (Å²) in [5, 5.41) is 20.0. The molecule has 0 aliphatic carbocycles. The van der Waals surface area contributed by atoms with Crippen LogP contribution in [0.15, 0.2) is 170 Å². The predicted molar refractivity (Wildman–Crippen MR) is 188 cm³/mol. The van der Waals surface area contributed by atoms with Crippen molar-refractivity contribution >= 4 is 0 Å². The van der Waals surface area contributed by atoms with E-state index in [0.717, 1.165) is 55.6 Å². The van der Waals surface area contributed by atoms with Crippen LogP contribution in [-0.2, 0) is 0 Å². The van der Waals surface area contributed by atoms with Crippen molar-refractivity contribution in [2.24, 2.45) is 0 Å². The third-order valence-corrected chi connectivity index (χ3v) is 8.32. The lowest BCUT2D eigenvalue weighted by Crippen LogP contribution is -1.89. The molecule has 0 fully saturated rings. The van der Waals surface area contributed by atoms with Gasteiger partial charge in [-0.3, -0.25) is 0 Å². The molecule has 0 N–H and O–H groups in total. The van der Waals surface area contributed by atoms with E-state index in [9.17, 15) is 10.5 Å². The van der Waals surface area contributed by atoms with Gasteiger partial charge in [0.2, 0.25) is 0 Å². The number of nitriles is 2. The summed E-state index contributed by atoms with van der Waals surface area (Å²) >= 11 is 0. The number of rotatable bonds is 6. The quantitative estimate of drug-likeness (QED) is 0.195. The molecule has 0 saturated carbocycles. The molecule has 7 rings (SSSR count). The Morgan fingerprint density at radius 2 is 0.674 bits per heavy atom. The second kappa shape index (κ2) is 12.6. The molecular formula is C44H28N2. The van der Waals surface area contributed by atoms with Gasteiger partial charge in [-0.1, -0.05) is 127 Å². The molecule has 2 nitrogen and oxygen atoms in total. The van der Waals surface area contributed by atoms with Crippen molar-refractivity contribution < 1.29 is 0 Å². The Morgan fingerprint density at radius 3 is 1.22 bits per heavy atom. The Labute approximate surface area is 269 Å². The van der Waals surface area contributed by atoms with E-state index in [1.54, 1.807) is 0 Å². The molecule has 7 aromatic rings. The van der Waals surface area contributed by atoms with Crippen LogP contribution in [-0.4, -0.2) is 0 Å². The van der Waals surface area contributed by atoms with E-state index in [2.05, 4.69) is 115 Å². The van der Waals surface area contributed by atoms with E-state index in [1.165, 1.54) is 11.1 Å². The molecule has 0 aromatic heterocycles. The molecule has 7 aromatic carbocycles. The summed E-state index contributed by atoms with van der Waals surface area (Å²) in [6, 6.07) is 62.6. The van der Waals surface area contributed by atoms with Crippen LogP contribution in [0.2, 0.25) is 0 Å². The highest BCUT2D eigenvalue weighted by Crippen LogP contribution is 2.35. The second-order valence-corrected chi connectivity index (χ2v) is 11.3. The maximum Gasteiger partial charge on any atom is 0.0998 e. The summed E-state index contributed by atoms with van der Waals surface area (Å²) in [4.78, 5) is 0. The van der Waals surface area contributed by atoms with E-state index in [4.69, 9.17) is 0 Å². The Morgan fingerprint density at radius 1 is 0.283 bits per heavy atom. The van der Waals surface area contributed by atoms with Crippen molar-refractivity contribution in [2.75, 3.05) is 0 Å². The van der Waals surface area contributed by atoms with Gasteiger partial charge in [0, 0.05) is 0 Å². The highest BCUT2D eigenvalue weighted by molar-refractivity contribution is 5.83. The summed E-state index contributed by atoms with van der Waals surface area (Å²) in [6.07, 6.45) is 0. The van der Waals surface area contributed by atoms with Crippen LogP contribution in [0, 0.1) is 22.7 Å². The fourth-order valence-corrected chi connectivity index (χ4v) is 5.98. The normalized spacial score (nSPS) is 10.6. The van der Waals surface area contributed by atoms with Crippen molar-refractivity contribution in [1.29, 1.82) is 10.5 Å². The van der Waals surface area contributed by atoms with E-state index in [1.807, 2.05) is 66.7 Å². The van der Waals surface area contributed by atoms with Gasteiger partial charge in [0.1, 0.15) is 0 Å². The van der Waals surface area contributed by atoms with Gasteiger partial charge in [0.05, 0.1) is 23.3 Å². The largest absolute Gasteiger partial charge is 0.192 e. The molecule has 0 spiro atoms. The van der Waals surface area contributed by atoms with Gasteiger partial charge in [0.25, 0.3) is 0 Å². The summed E-state index contributed by atoms with van der Waals surface area (Å²) in [7, 11) is 0. The summed E-state index contributed by atoms with van der Waals surface area (Å²) < 4.78 is 0. The lowest BCUT2D eigenvalue weighted by Gasteiger charge is -2.12. The van der Waals surface area contributed by atoms with Gasteiger partial charge in [0.15, 0.2) is 0 Å². The first-order valence-electron chi connectivity index (χ1n) is 15.2. The predicted octanol–water partition coefficient (Wildman–Crippen LogP) is 11.4. The Bertz CT molecular complexity index is 2270. The molecule has 0 heterocycles. The lowest BCUT2D eigenvalue weighted by atomic mass is 9.91. The highest BCUT2D eigenvalue weighted by atomic mass is 14.3. The van der Waals surface area contributed by atoms with Crippen LogP contribution in [0.1, 0.15) is 11.1 Å². The Kier molecular flexibility index (Phi) is 7.77. The Hall–Kier alpha value is -6.48. The molecule has 0 radical (unpaired) electrons. The van der Waals surface area contributed by atoms with E-state index in [0.29, 0.717) is 11.1 Å². The minimum Gasteiger partial charge on any atom is -0.192 e. The molecule has 0 aliphatic heterocycles. The van der Waals surface area contributed by atoms with Crippen molar-refractivity contribution in [1.82, 2.24) is 0 Å². The van der Waals surface area contributed by atoms with E-state index < -0.39 is 0 Å². The van der Waals surface area contributed by atoms with E-state index >= 15 is 0 Å². The van der Waals surface area contributed by atoms with Crippen LogP contribution in [0.4, 0.5) is 0 Å². The molecule has 0 bridgehead atoms. The van der Waals surface area contributed by atoms with E-state index in [-0.39, 0.29) is 0 Å². The van der Waals surface area contributed by atoms with Crippen molar-refractivity contribution in [2.45, 2.75) is 0 Å². The Balaban J connectivity index is 1.22. The topological polar surface area (TPSA) is 47.6 Å². The zero-order chi connectivity index (χ0) is 31.3. The molecule has 0 saturated heterocycles. The summed E-state index contributed by atoms with van der Waals surface area (Å²) in [5.74, 6) is 0. The van der Waals surface area contributed by atoms with Gasteiger partial charge in [-0.2, -0.15) is 10.5 Å². The van der Waals surface area contributed by atoms with Gasteiger partial charge in [-0.05, 0) is 109 Å². The summed E-state index contributed by atoms with van der Waals surface area (Å²) in [6.45, 7) is 0. The number of hydrogen-bond acceptors (Lipinski definition) is 2.